The minimum atomic E-state index is -0.122. The van der Waals surface area contributed by atoms with Gasteiger partial charge in [0, 0.05) is 25.6 Å². The highest BCUT2D eigenvalue weighted by Crippen LogP contribution is 2.23. The Bertz CT molecular complexity index is 1000. The summed E-state index contributed by atoms with van der Waals surface area (Å²) in [6.07, 6.45) is 0.604. The Kier molecular flexibility index (Phi) is 5.38. The van der Waals surface area contributed by atoms with Gasteiger partial charge < -0.3 is 9.88 Å². The first-order valence-corrected chi connectivity index (χ1v) is 9.29. The molecule has 0 spiro atoms. The smallest absolute Gasteiger partial charge is 0.251 e. The van der Waals surface area contributed by atoms with Gasteiger partial charge in [-0.25, -0.2) is 4.68 Å². The number of hydrogen-bond acceptors (Lipinski definition) is 4. The summed E-state index contributed by atoms with van der Waals surface area (Å²) in [6.45, 7) is 4.43. The minimum Gasteiger partial charge on any atom is -0.352 e. The molecule has 3 aromatic rings. The molecule has 2 N–H and O–H groups in total. The van der Waals surface area contributed by atoms with Crippen molar-refractivity contribution in [3.05, 3.63) is 56.3 Å². The molecule has 0 aliphatic heterocycles. The van der Waals surface area contributed by atoms with Crippen molar-refractivity contribution in [2.45, 2.75) is 20.3 Å². The van der Waals surface area contributed by atoms with Crippen LogP contribution >= 0.6 is 28.1 Å². The molecule has 1 amide bonds. The van der Waals surface area contributed by atoms with Crippen molar-refractivity contribution in [2.75, 3.05) is 6.54 Å². The fourth-order valence-electron chi connectivity index (χ4n) is 2.62. The lowest BCUT2D eigenvalue weighted by Gasteiger charge is -2.07. The molecule has 0 saturated heterocycles. The number of aromatic amines is 1. The Labute approximate surface area is 164 Å². The van der Waals surface area contributed by atoms with Gasteiger partial charge in [0.25, 0.3) is 5.91 Å². The van der Waals surface area contributed by atoms with Gasteiger partial charge >= 0.3 is 0 Å². The van der Waals surface area contributed by atoms with Crippen LogP contribution in [0.25, 0.3) is 5.69 Å². The van der Waals surface area contributed by atoms with E-state index in [4.69, 9.17) is 12.2 Å². The summed E-state index contributed by atoms with van der Waals surface area (Å²) in [4.78, 5) is 12.3. The lowest BCUT2D eigenvalue weighted by atomic mass is 10.2. The normalized spacial score (nSPS) is 10.9. The highest BCUT2D eigenvalue weighted by molar-refractivity contribution is 9.10. The third kappa shape index (κ3) is 3.63. The fourth-order valence-corrected chi connectivity index (χ4v) is 3.02. The fraction of sp³-hybridized carbons (Fsp3) is 0.294. The molecule has 0 atom stereocenters. The Hall–Kier alpha value is -2.26. The first-order valence-electron chi connectivity index (χ1n) is 8.09. The van der Waals surface area contributed by atoms with Crippen LogP contribution < -0.4 is 5.32 Å². The zero-order valence-electron chi connectivity index (χ0n) is 14.7. The molecule has 1 aromatic carbocycles. The third-order valence-electron chi connectivity index (χ3n) is 4.18. The topological polar surface area (TPSA) is 80.5 Å². The number of rotatable bonds is 5. The first-order chi connectivity index (χ1) is 12.4. The van der Waals surface area contributed by atoms with Gasteiger partial charge in [-0.1, -0.05) is 0 Å². The Morgan fingerprint density at radius 3 is 2.54 bits per heavy atom. The van der Waals surface area contributed by atoms with Crippen LogP contribution in [0.4, 0.5) is 0 Å². The molecule has 136 valence electrons. The number of aromatic nitrogens is 5. The predicted octanol–water partition coefficient (Wildman–Crippen LogP) is 3.02. The van der Waals surface area contributed by atoms with Gasteiger partial charge in [0.15, 0.2) is 4.77 Å². The van der Waals surface area contributed by atoms with Crippen LogP contribution in [0.3, 0.4) is 0 Å². The maximum absolute atomic E-state index is 12.3. The standard InChI is InChI=1S/C17H19BrN6OS/c1-10-15(18)11(2)24(22-10)13-6-4-12(5-7-13)16(25)19-9-8-14-20-21-17(26)23(14)3/h4-7H,8-9H2,1-3H3,(H,19,25)(H,21,26). The number of carbonyl (C=O) groups excluding carboxylic acids is 1. The molecular weight excluding hydrogens is 416 g/mol. The van der Waals surface area contributed by atoms with E-state index >= 15 is 0 Å². The van der Waals surface area contributed by atoms with Gasteiger partial charge in [-0.05, 0) is 66.3 Å². The number of halogens is 1. The van der Waals surface area contributed by atoms with Gasteiger partial charge in [0.05, 0.1) is 21.5 Å². The van der Waals surface area contributed by atoms with Crippen molar-refractivity contribution in [1.82, 2.24) is 29.9 Å². The van der Waals surface area contributed by atoms with Crippen molar-refractivity contribution < 1.29 is 4.79 Å². The van der Waals surface area contributed by atoms with E-state index in [0.717, 1.165) is 27.4 Å². The molecular formula is C17H19BrN6OS. The Balaban J connectivity index is 1.64. The number of benzene rings is 1. The van der Waals surface area contributed by atoms with Crippen molar-refractivity contribution in [3.63, 3.8) is 0 Å². The Morgan fingerprint density at radius 2 is 2.00 bits per heavy atom. The number of hydrogen-bond donors (Lipinski definition) is 2. The number of nitrogens with one attached hydrogen (secondary N) is 2. The monoisotopic (exact) mass is 434 g/mol. The quantitative estimate of drug-likeness (QED) is 0.604. The van der Waals surface area contributed by atoms with Gasteiger partial charge in [-0.3, -0.25) is 9.89 Å². The van der Waals surface area contributed by atoms with Crippen LogP contribution in [0.15, 0.2) is 28.7 Å². The van der Waals surface area contributed by atoms with Crippen LogP contribution in [0.2, 0.25) is 0 Å². The average molecular weight is 435 g/mol. The second-order valence-corrected chi connectivity index (χ2v) is 7.13. The minimum absolute atomic E-state index is 0.122. The number of aryl methyl sites for hydroxylation is 1. The molecule has 9 heteroatoms. The average Bonchev–Trinajstić information content (AvgIpc) is 3.09. The predicted molar refractivity (Wildman–Crippen MR) is 105 cm³/mol. The van der Waals surface area contributed by atoms with E-state index in [1.54, 1.807) is 16.7 Å². The summed E-state index contributed by atoms with van der Waals surface area (Å²) in [5.74, 6) is 0.684. The highest BCUT2D eigenvalue weighted by Gasteiger charge is 2.11. The molecule has 0 radical (unpaired) electrons. The van der Waals surface area contributed by atoms with Crippen molar-refractivity contribution in [1.29, 1.82) is 0 Å². The molecule has 0 bridgehead atoms. The van der Waals surface area contributed by atoms with E-state index in [-0.39, 0.29) is 5.91 Å². The molecule has 3 rings (SSSR count). The van der Waals surface area contributed by atoms with E-state index in [0.29, 0.717) is 23.3 Å². The Morgan fingerprint density at radius 1 is 1.31 bits per heavy atom. The molecule has 2 aromatic heterocycles. The molecule has 7 nitrogen and oxygen atoms in total. The molecule has 0 aliphatic carbocycles. The highest BCUT2D eigenvalue weighted by atomic mass is 79.9. The van der Waals surface area contributed by atoms with Crippen LogP contribution in [0.1, 0.15) is 27.6 Å². The third-order valence-corrected chi connectivity index (χ3v) is 5.70. The summed E-state index contributed by atoms with van der Waals surface area (Å²) in [5.41, 5.74) is 3.46. The molecule has 0 fully saturated rings. The van der Waals surface area contributed by atoms with Crippen LogP contribution in [0, 0.1) is 18.6 Å². The second-order valence-electron chi connectivity index (χ2n) is 5.95. The number of nitrogens with zero attached hydrogens (tertiary/aromatic N) is 4. The van der Waals surface area contributed by atoms with Gasteiger partial charge in [0.1, 0.15) is 5.82 Å². The second kappa shape index (κ2) is 7.55. The van der Waals surface area contributed by atoms with E-state index in [9.17, 15) is 4.79 Å². The maximum atomic E-state index is 12.3. The summed E-state index contributed by atoms with van der Waals surface area (Å²) >= 11 is 8.60. The summed E-state index contributed by atoms with van der Waals surface area (Å²) in [6, 6.07) is 7.37. The number of amides is 1. The van der Waals surface area contributed by atoms with E-state index in [1.165, 1.54) is 0 Å². The lowest BCUT2D eigenvalue weighted by Crippen LogP contribution is -2.26. The summed E-state index contributed by atoms with van der Waals surface area (Å²) < 4.78 is 5.21. The molecule has 0 aliphatic rings. The van der Waals surface area contributed by atoms with E-state index < -0.39 is 0 Å². The van der Waals surface area contributed by atoms with Gasteiger partial charge in [-0.15, -0.1) is 0 Å². The maximum Gasteiger partial charge on any atom is 0.251 e. The SMILES string of the molecule is Cc1nn(-c2ccc(C(=O)NCCc3n[nH]c(=S)n3C)cc2)c(C)c1Br. The van der Waals surface area contributed by atoms with Crippen LogP contribution in [0.5, 0.6) is 0 Å². The summed E-state index contributed by atoms with van der Waals surface area (Å²) in [7, 11) is 1.85. The zero-order valence-corrected chi connectivity index (χ0v) is 17.1. The number of carbonyl (C=O) groups is 1. The van der Waals surface area contributed by atoms with Gasteiger partial charge in [0.2, 0.25) is 0 Å². The largest absolute Gasteiger partial charge is 0.352 e. The van der Waals surface area contributed by atoms with Crippen molar-refractivity contribution in [3.8, 4) is 5.69 Å². The molecule has 0 saturated carbocycles. The lowest BCUT2D eigenvalue weighted by molar-refractivity contribution is 0.0954. The van der Waals surface area contributed by atoms with E-state index in [1.807, 2.05) is 37.7 Å². The van der Waals surface area contributed by atoms with Crippen LogP contribution in [-0.4, -0.2) is 37.0 Å². The zero-order chi connectivity index (χ0) is 18.8. The van der Waals surface area contributed by atoms with E-state index in [2.05, 4.69) is 36.5 Å². The first kappa shape index (κ1) is 18.5. The summed E-state index contributed by atoms with van der Waals surface area (Å²) in [5, 5.41) is 14.3. The van der Waals surface area contributed by atoms with Crippen LogP contribution in [-0.2, 0) is 13.5 Å². The van der Waals surface area contributed by atoms with Gasteiger partial charge in [-0.2, -0.15) is 10.2 Å². The molecule has 2 heterocycles. The van der Waals surface area contributed by atoms with Crippen molar-refractivity contribution >= 4 is 34.1 Å². The van der Waals surface area contributed by atoms with Crippen molar-refractivity contribution in [2.24, 2.45) is 7.05 Å². The molecule has 26 heavy (non-hydrogen) atoms. The number of H-pyrrole nitrogens is 1. The molecule has 0 unspecified atom stereocenters.